The van der Waals surface area contributed by atoms with Gasteiger partial charge in [-0.3, -0.25) is 10.2 Å². The van der Waals surface area contributed by atoms with Crippen LogP contribution in [0.3, 0.4) is 0 Å². The number of ether oxygens (including phenoxy) is 4. The van der Waals surface area contributed by atoms with Crippen LogP contribution in [0.1, 0.15) is 15.9 Å². The van der Waals surface area contributed by atoms with Gasteiger partial charge >= 0.3 is 0 Å². The number of hydrogen-bond donors (Lipinski definition) is 2. The topological polar surface area (TPSA) is 92.0 Å². The van der Waals surface area contributed by atoms with Crippen molar-refractivity contribution in [3.05, 3.63) is 47.5 Å². The van der Waals surface area contributed by atoms with Crippen LogP contribution in [0.2, 0.25) is 0 Å². The molecule has 7 nitrogen and oxygen atoms in total. The Bertz CT molecular complexity index is 676. The highest BCUT2D eigenvalue weighted by atomic mass is 16.5. The molecule has 24 heavy (non-hydrogen) atoms. The minimum atomic E-state index is -0.355. The molecule has 1 amide bonds. The van der Waals surface area contributed by atoms with Gasteiger partial charge in [-0.2, -0.15) is 0 Å². The van der Waals surface area contributed by atoms with Crippen molar-refractivity contribution in [2.24, 2.45) is 5.84 Å². The zero-order valence-corrected chi connectivity index (χ0v) is 13.8. The number of carbonyl (C=O) groups excluding carboxylic acids is 1. The number of methoxy groups -OCH3 is 3. The largest absolute Gasteiger partial charge is 0.493 e. The molecular weight excluding hydrogens is 312 g/mol. The van der Waals surface area contributed by atoms with E-state index >= 15 is 0 Å². The fourth-order valence-corrected chi connectivity index (χ4v) is 2.17. The zero-order chi connectivity index (χ0) is 17.5. The Morgan fingerprint density at radius 1 is 1.00 bits per heavy atom. The van der Waals surface area contributed by atoms with E-state index in [1.807, 2.05) is 12.1 Å². The van der Waals surface area contributed by atoms with Crippen molar-refractivity contribution in [1.82, 2.24) is 5.43 Å². The Balaban J connectivity index is 2.12. The maximum absolute atomic E-state index is 11.4. The number of carbonyl (C=O) groups is 1. The summed E-state index contributed by atoms with van der Waals surface area (Å²) in [5.74, 6) is 7.01. The van der Waals surface area contributed by atoms with Crippen LogP contribution in [0.25, 0.3) is 0 Å². The van der Waals surface area contributed by atoms with Crippen LogP contribution in [0.4, 0.5) is 0 Å². The van der Waals surface area contributed by atoms with E-state index in [-0.39, 0.29) is 5.91 Å². The monoisotopic (exact) mass is 332 g/mol. The van der Waals surface area contributed by atoms with E-state index in [9.17, 15) is 4.79 Å². The highest BCUT2D eigenvalue weighted by molar-refractivity contribution is 5.93. The van der Waals surface area contributed by atoms with Gasteiger partial charge in [0.05, 0.1) is 21.3 Å². The molecule has 2 aromatic rings. The molecule has 0 fully saturated rings. The Morgan fingerprint density at radius 2 is 1.58 bits per heavy atom. The molecule has 2 aromatic carbocycles. The molecule has 2 rings (SSSR count). The van der Waals surface area contributed by atoms with Crippen molar-refractivity contribution in [1.29, 1.82) is 0 Å². The van der Waals surface area contributed by atoms with E-state index in [1.165, 1.54) is 0 Å². The summed E-state index contributed by atoms with van der Waals surface area (Å²) in [6, 6.07) is 10.3. The second-order valence-electron chi connectivity index (χ2n) is 4.82. The first-order valence-corrected chi connectivity index (χ1v) is 7.15. The molecule has 0 saturated heterocycles. The number of rotatable bonds is 7. The van der Waals surface area contributed by atoms with Crippen LogP contribution in [0, 0.1) is 0 Å². The van der Waals surface area contributed by atoms with E-state index in [0.29, 0.717) is 35.2 Å². The van der Waals surface area contributed by atoms with Gasteiger partial charge < -0.3 is 18.9 Å². The van der Waals surface area contributed by atoms with E-state index < -0.39 is 0 Å². The first kappa shape index (κ1) is 17.4. The lowest BCUT2D eigenvalue weighted by molar-refractivity contribution is 0.0953. The molecular formula is C17H20N2O5. The standard InChI is InChI=1S/C17H20N2O5/c1-21-14-8-11(9-15(22-2)16(14)23-3)10-24-13-6-4-12(5-7-13)17(20)19-18/h4-9H,10,18H2,1-3H3,(H,19,20). The number of nitrogen functional groups attached to an aromatic ring is 1. The first-order chi connectivity index (χ1) is 11.6. The maximum Gasteiger partial charge on any atom is 0.265 e. The second-order valence-corrected chi connectivity index (χ2v) is 4.82. The zero-order valence-electron chi connectivity index (χ0n) is 13.8. The van der Waals surface area contributed by atoms with E-state index in [0.717, 1.165) is 5.56 Å². The Kier molecular flexibility index (Phi) is 5.86. The fourth-order valence-electron chi connectivity index (χ4n) is 2.17. The first-order valence-electron chi connectivity index (χ1n) is 7.15. The molecule has 0 atom stereocenters. The van der Waals surface area contributed by atoms with E-state index in [2.05, 4.69) is 5.43 Å². The summed E-state index contributed by atoms with van der Waals surface area (Å²) in [4.78, 5) is 11.4. The SMILES string of the molecule is COc1cc(COc2ccc(C(=O)NN)cc2)cc(OC)c1OC. The van der Waals surface area contributed by atoms with Gasteiger partial charge in [-0.25, -0.2) is 5.84 Å². The van der Waals surface area contributed by atoms with Crippen LogP contribution in [-0.4, -0.2) is 27.2 Å². The Labute approximate surface area is 140 Å². The van der Waals surface area contributed by atoms with Gasteiger partial charge in [0.25, 0.3) is 5.91 Å². The molecule has 0 aliphatic heterocycles. The molecule has 0 bridgehead atoms. The number of nitrogens with one attached hydrogen (secondary N) is 1. The van der Waals surface area contributed by atoms with Crippen molar-refractivity contribution in [3.8, 4) is 23.0 Å². The molecule has 0 saturated carbocycles. The second kappa shape index (κ2) is 8.07. The molecule has 0 aliphatic rings. The molecule has 0 radical (unpaired) electrons. The number of nitrogens with two attached hydrogens (primary N) is 1. The van der Waals surface area contributed by atoms with Crippen molar-refractivity contribution in [3.63, 3.8) is 0 Å². The van der Waals surface area contributed by atoms with Crippen molar-refractivity contribution >= 4 is 5.91 Å². The number of benzene rings is 2. The predicted octanol–water partition coefficient (Wildman–Crippen LogP) is 1.89. The van der Waals surface area contributed by atoms with Crippen LogP contribution in [0.5, 0.6) is 23.0 Å². The smallest absolute Gasteiger partial charge is 0.265 e. The Hall–Kier alpha value is -2.93. The van der Waals surface area contributed by atoms with Crippen LogP contribution in [-0.2, 0) is 6.61 Å². The maximum atomic E-state index is 11.4. The molecule has 0 spiro atoms. The quantitative estimate of drug-likeness (QED) is 0.457. The van der Waals surface area contributed by atoms with Gasteiger partial charge in [0, 0.05) is 5.56 Å². The lowest BCUT2D eigenvalue weighted by Gasteiger charge is -2.14. The third-order valence-corrected chi connectivity index (χ3v) is 3.38. The molecule has 0 aliphatic carbocycles. The van der Waals surface area contributed by atoms with E-state index in [1.54, 1.807) is 45.6 Å². The summed E-state index contributed by atoms with van der Waals surface area (Å²) in [5, 5.41) is 0. The van der Waals surface area contributed by atoms with Crippen molar-refractivity contribution in [2.75, 3.05) is 21.3 Å². The van der Waals surface area contributed by atoms with Gasteiger partial charge in [-0.15, -0.1) is 0 Å². The summed E-state index contributed by atoms with van der Waals surface area (Å²) in [5.41, 5.74) is 3.39. The van der Waals surface area contributed by atoms with Crippen molar-refractivity contribution in [2.45, 2.75) is 6.61 Å². The van der Waals surface area contributed by atoms with Gasteiger partial charge in [-0.1, -0.05) is 0 Å². The van der Waals surface area contributed by atoms with E-state index in [4.69, 9.17) is 24.8 Å². The fraction of sp³-hybridized carbons (Fsp3) is 0.235. The molecule has 3 N–H and O–H groups in total. The molecule has 0 aromatic heterocycles. The Morgan fingerprint density at radius 3 is 2.04 bits per heavy atom. The van der Waals surface area contributed by atoms with Crippen LogP contribution in [0.15, 0.2) is 36.4 Å². The third kappa shape index (κ3) is 3.88. The summed E-state index contributed by atoms with van der Waals surface area (Å²) in [6.07, 6.45) is 0. The normalized spacial score (nSPS) is 10.0. The number of amides is 1. The average Bonchev–Trinajstić information content (AvgIpc) is 2.65. The number of hydrogen-bond acceptors (Lipinski definition) is 6. The van der Waals surface area contributed by atoms with Crippen molar-refractivity contribution < 1.29 is 23.7 Å². The minimum absolute atomic E-state index is 0.305. The van der Waals surface area contributed by atoms with Gasteiger partial charge in [0.2, 0.25) is 5.75 Å². The summed E-state index contributed by atoms with van der Waals surface area (Å²) in [6.45, 7) is 0.305. The minimum Gasteiger partial charge on any atom is -0.493 e. The molecule has 7 heteroatoms. The summed E-state index contributed by atoms with van der Waals surface area (Å²) >= 11 is 0. The van der Waals surface area contributed by atoms with Gasteiger partial charge in [0.1, 0.15) is 12.4 Å². The van der Waals surface area contributed by atoms with Crippen LogP contribution < -0.4 is 30.2 Å². The molecule has 0 unspecified atom stereocenters. The average molecular weight is 332 g/mol. The highest BCUT2D eigenvalue weighted by Gasteiger charge is 2.13. The molecule has 0 heterocycles. The molecule has 128 valence electrons. The predicted molar refractivity (Wildman–Crippen MR) is 88.5 cm³/mol. The summed E-state index contributed by atoms with van der Waals surface area (Å²) in [7, 11) is 4.67. The lowest BCUT2D eigenvalue weighted by Crippen LogP contribution is -2.29. The van der Waals surface area contributed by atoms with Gasteiger partial charge in [-0.05, 0) is 42.0 Å². The van der Waals surface area contributed by atoms with Gasteiger partial charge in [0.15, 0.2) is 11.5 Å². The summed E-state index contributed by atoms with van der Waals surface area (Å²) < 4.78 is 21.6. The highest BCUT2D eigenvalue weighted by Crippen LogP contribution is 2.38. The third-order valence-electron chi connectivity index (χ3n) is 3.38. The van der Waals surface area contributed by atoms with Crippen LogP contribution >= 0.6 is 0 Å². The number of hydrazine groups is 1. The lowest BCUT2D eigenvalue weighted by atomic mass is 10.2.